The third-order valence-electron chi connectivity index (χ3n) is 7.36. The van der Waals surface area contributed by atoms with Gasteiger partial charge in [0.25, 0.3) is 0 Å². The summed E-state index contributed by atoms with van der Waals surface area (Å²) >= 11 is 6.78. The predicted octanol–water partition coefficient (Wildman–Crippen LogP) is 6.89. The van der Waals surface area contributed by atoms with Crippen LogP contribution in [0.1, 0.15) is 69.4 Å². The highest BCUT2D eigenvalue weighted by atomic mass is 35.5. The van der Waals surface area contributed by atoms with Gasteiger partial charge in [0, 0.05) is 47.8 Å². The number of nitrogens with zero attached hydrogens (tertiary/aromatic N) is 1. The van der Waals surface area contributed by atoms with E-state index in [2.05, 4.69) is 11.8 Å². The van der Waals surface area contributed by atoms with Crippen molar-refractivity contribution in [2.75, 3.05) is 13.2 Å². The van der Waals surface area contributed by atoms with Gasteiger partial charge in [0.2, 0.25) is 0 Å². The van der Waals surface area contributed by atoms with Gasteiger partial charge < -0.3 is 14.4 Å². The maximum absolute atomic E-state index is 13.4. The molecule has 0 radical (unpaired) electrons. The average Bonchev–Trinajstić information content (AvgIpc) is 2.88. The lowest BCUT2D eigenvalue weighted by molar-refractivity contribution is -0.117. The van der Waals surface area contributed by atoms with Gasteiger partial charge in [-0.05, 0) is 74.9 Å². The Morgan fingerprint density at radius 3 is 2.11 bits per heavy atom. The minimum absolute atomic E-state index is 0.0975. The van der Waals surface area contributed by atoms with Crippen molar-refractivity contribution in [1.29, 1.82) is 0 Å². The third-order valence-corrected chi connectivity index (χ3v) is 7.64. The van der Waals surface area contributed by atoms with Gasteiger partial charge in [-0.3, -0.25) is 9.59 Å². The number of halogens is 2. The summed E-state index contributed by atoms with van der Waals surface area (Å²) in [7, 11) is 0. The molecule has 0 amide bonds. The second kappa shape index (κ2) is 10.7. The van der Waals surface area contributed by atoms with Crippen molar-refractivity contribution in [1.82, 2.24) is 4.90 Å². The van der Waals surface area contributed by atoms with Crippen LogP contribution in [0.5, 0.6) is 11.5 Å². The van der Waals surface area contributed by atoms with Crippen LogP contribution in [-0.4, -0.2) is 29.6 Å². The monoisotopic (exact) mass is 523 g/mol. The van der Waals surface area contributed by atoms with E-state index in [1.54, 1.807) is 18.2 Å². The molecule has 5 rings (SSSR count). The summed E-state index contributed by atoms with van der Waals surface area (Å²) in [5.41, 5.74) is 5.09. The molecule has 7 heteroatoms. The smallest absolute Gasteiger partial charge is 0.180 e. The van der Waals surface area contributed by atoms with E-state index in [1.807, 2.05) is 13.0 Å². The Hall–Kier alpha value is -3.12. The van der Waals surface area contributed by atoms with Crippen molar-refractivity contribution in [2.45, 2.75) is 64.9 Å². The van der Waals surface area contributed by atoms with E-state index in [1.165, 1.54) is 12.1 Å². The first-order valence-corrected chi connectivity index (χ1v) is 13.4. The summed E-state index contributed by atoms with van der Waals surface area (Å²) in [6.07, 6.45) is 4.24. The number of rotatable bonds is 7. The summed E-state index contributed by atoms with van der Waals surface area (Å²) in [5, 5.41) is 0.344. The van der Waals surface area contributed by atoms with E-state index in [4.69, 9.17) is 21.1 Å². The largest absolute Gasteiger partial charge is 0.490 e. The molecular formula is C30H31ClFNO4. The zero-order valence-electron chi connectivity index (χ0n) is 21.2. The highest BCUT2D eigenvalue weighted by Crippen LogP contribution is 2.51. The Labute approximate surface area is 221 Å². The van der Waals surface area contributed by atoms with Crippen molar-refractivity contribution in [2.24, 2.45) is 0 Å². The molecule has 1 heterocycles. The average molecular weight is 524 g/mol. The fourth-order valence-corrected chi connectivity index (χ4v) is 6.10. The number of carbonyl (C=O) groups excluding carboxylic acids is 2. The molecule has 2 aliphatic carbocycles. The lowest BCUT2D eigenvalue weighted by Gasteiger charge is -2.43. The topological polar surface area (TPSA) is 55.8 Å². The zero-order chi connectivity index (χ0) is 26.1. The number of Topliss-reactive ketones (excluding diaryl/α,β-unsaturated/α-hetero) is 2. The third kappa shape index (κ3) is 4.79. The van der Waals surface area contributed by atoms with Gasteiger partial charge in [-0.2, -0.15) is 0 Å². The predicted molar refractivity (Wildman–Crippen MR) is 140 cm³/mol. The van der Waals surface area contributed by atoms with Gasteiger partial charge in [-0.15, -0.1) is 0 Å². The molecule has 37 heavy (non-hydrogen) atoms. The highest BCUT2D eigenvalue weighted by Gasteiger charge is 2.43. The molecule has 2 aromatic carbocycles. The Kier molecular flexibility index (Phi) is 7.38. The van der Waals surface area contributed by atoms with Crippen molar-refractivity contribution in [3.8, 4) is 11.5 Å². The van der Waals surface area contributed by atoms with Crippen LogP contribution in [0.4, 0.5) is 4.39 Å². The van der Waals surface area contributed by atoms with Gasteiger partial charge in [0.15, 0.2) is 23.1 Å². The molecule has 3 aliphatic rings. The van der Waals surface area contributed by atoms with Crippen LogP contribution in [0, 0.1) is 5.82 Å². The van der Waals surface area contributed by atoms with E-state index in [0.717, 1.165) is 65.9 Å². The number of allylic oxidation sites excluding steroid dienone is 4. The van der Waals surface area contributed by atoms with Crippen molar-refractivity contribution >= 4 is 23.2 Å². The Morgan fingerprint density at radius 2 is 1.54 bits per heavy atom. The molecule has 0 unspecified atom stereocenters. The summed E-state index contributed by atoms with van der Waals surface area (Å²) in [5.74, 6) is 0.265. The molecule has 0 N–H and O–H groups in total. The number of hydrogen-bond acceptors (Lipinski definition) is 5. The second-order valence-corrected chi connectivity index (χ2v) is 10.0. The van der Waals surface area contributed by atoms with Crippen LogP contribution < -0.4 is 9.47 Å². The number of ether oxygens (including phenoxy) is 2. The van der Waals surface area contributed by atoms with Gasteiger partial charge in [-0.25, -0.2) is 4.39 Å². The SMILES string of the molecule is CCOc1cc(C2C3=C(CCCC3=O)N(CC)C3=C2C(=O)CCC3)cc(Cl)c1OCc1ccc(F)cc1. The Balaban J connectivity index is 1.60. The molecule has 5 nitrogen and oxygen atoms in total. The number of benzene rings is 2. The second-order valence-electron chi connectivity index (χ2n) is 9.63. The van der Waals surface area contributed by atoms with E-state index in [0.29, 0.717) is 36.0 Å². The van der Waals surface area contributed by atoms with Crippen LogP contribution >= 0.6 is 11.6 Å². The van der Waals surface area contributed by atoms with Crippen LogP contribution in [-0.2, 0) is 16.2 Å². The quantitative estimate of drug-likeness (QED) is 0.395. The number of ketones is 2. The van der Waals surface area contributed by atoms with Crippen molar-refractivity contribution in [3.05, 3.63) is 80.9 Å². The molecule has 2 aromatic rings. The van der Waals surface area contributed by atoms with E-state index in [9.17, 15) is 14.0 Å². The summed E-state index contributed by atoms with van der Waals surface area (Å²) < 4.78 is 25.3. The molecule has 0 fully saturated rings. The summed E-state index contributed by atoms with van der Waals surface area (Å²) in [6, 6.07) is 9.74. The van der Waals surface area contributed by atoms with Crippen LogP contribution in [0.25, 0.3) is 0 Å². The van der Waals surface area contributed by atoms with Gasteiger partial charge in [-0.1, -0.05) is 23.7 Å². The normalized spacial score (nSPS) is 18.2. The fourth-order valence-electron chi connectivity index (χ4n) is 5.83. The fraction of sp³-hybridized carbons (Fsp3) is 0.400. The first-order chi connectivity index (χ1) is 17.9. The molecule has 0 saturated heterocycles. The molecule has 0 saturated carbocycles. The molecule has 1 aliphatic heterocycles. The minimum Gasteiger partial charge on any atom is -0.490 e. The van der Waals surface area contributed by atoms with Crippen molar-refractivity contribution in [3.63, 3.8) is 0 Å². The van der Waals surface area contributed by atoms with E-state index >= 15 is 0 Å². The zero-order valence-corrected chi connectivity index (χ0v) is 22.0. The molecule has 0 aromatic heterocycles. The maximum Gasteiger partial charge on any atom is 0.180 e. The molecule has 0 bridgehead atoms. The highest BCUT2D eigenvalue weighted by molar-refractivity contribution is 6.32. The van der Waals surface area contributed by atoms with Crippen LogP contribution in [0.2, 0.25) is 5.02 Å². The Morgan fingerprint density at radius 1 is 0.919 bits per heavy atom. The van der Waals surface area contributed by atoms with E-state index < -0.39 is 5.92 Å². The van der Waals surface area contributed by atoms with Gasteiger partial charge in [0.1, 0.15) is 12.4 Å². The molecular weight excluding hydrogens is 493 g/mol. The lowest BCUT2D eigenvalue weighted by atomic mass is 9.71. The van der Waals surface area contributed by atoms with Gasteiger partial charge in [0.05, 0.1) is 11.6 Å². The lowest BCUT2D eigenvalue weighted by Crippen LogP contribution is -2.39. The summed E-state index contributed by atoms with van der Waals surface area (Å²) in [6.45, 7) is 5.26. The first-order valence-electron chi connectivity index (χ1n) is 13.1. The minimum atomic E-state index is -0.462. The van der Waals surface area contributed by atoms with Crippen LogP contribution in [0.3, 0.4) is 0 Å². The van der Waals surface area contributed by atoms with Crippen molar-refractivity contribution < 1.29 is 23.5 Å². The van der Waals surface area contributed by atoms with Crippen LogP contribution in [0.15, 0.2) is 58.9 Å². The standard InChI is InChI=1S/C30H31ClFNO4/c1-3-33-22-7-5-9-24(34)28(22)27(29-23(33)8-6-10-25(29)35)19-15-21(31)30(26(16-19)36-4-2)37-17-18-11-13-20(32)14-12-18/h11-16,27H,3-10,17H2,1-2H3. The molecule has 0 atom stereocenters. The number of carbonyl (C=O) groups is 2. The molecule has 0 spiro atoms. The first kappa shape index (κ1) is 25.5. The maximum atomic E-state index is 13.4. The summed E-state index contributed by atoms with van der Waals surface area (Å²) in [4.78, 5) is 28.9. The molecule has 194 valence electrons. The number of hydrogen-bond donors (Lipinski definition) is 0. The van der Waals surface area contributed by atoms with E-state index in [-0.39, 0.29) is 24.0 Å². The Bertz CT molecular complexity index is 1250. The van der Waals surface area contributed by atoms with Gasteiger partial charge >= 0.3 is 0 Å².